The van der Waals surface area contributed by atoms with Gasteiger partial charge < -0.3 is 4.74 Å². The van der Waals surface area contributed by atoms with Crippen LogP contribution in [0.15, 0.2) is 11.0 Å². The summed E-state index contributed by atoms with van der Waals surface area (Å²) in [5, 5.41) is 0. The van der Waals surface area contributed by atoms with Gasteiger partial charge in [0.25, 0.3) is 5.91 Å². The Hall–Kier alpha value is -1.08. The van der Waals surface area contributed by atoms with Crippen molar-refractivity contribution in [2.24, 2.45) is 0 Å². The van der Waals surface area contributed by atoms with Gasteiger partial charge in [0, 0.05) is 6.08 Å². The van der Waals surface area contributed by atoms with Crippen LogP contribution in [0.5, 0.6) is 0 Å². The van der Waals surface area contributed by atoms with Crippen LogP contribution in [0.25, 0.3) is 0 Å². The molecule has 1 heterocycles. The van der Waals surface area contributed by atoms with E-state index in [-0.39, 0.29) is 11.5 Å². The van der Waals surface area contributed by atoms with Crippen LogP contribution in [0.2, 0.25) is 0 Å². The third-order valence-electron chi connectivity index (χ3n) is 1.24. The summed E-state index contributed by atoms with van der Waals surface area (Å²) in [6.45, 7) is 1.97. The van der Waals surface area contributed by atoms with E-state index >= 15 is 0 Å². The molecule has 0 saturated carbocycles. The molecule has 1 amide bonds. The summed E-state index contributed by atoms with van der Waals surface area (Å²) < 4.78 is 5.04. The van der Waals surface area contributed by atoms with Gasteiger partial charge in [-0.15, -0.1) is 0 Å². The van der Waals surface area contributed by atoms with Crippen molar-refractivity contribution in [3.63, 3.8) is 0 Å². The minimum absolute atomic E-state index is 0.229. The summed E-state index contributed by atoms with van der Waals surface area (Å²) in [6, 6.07) is 0. The number of hydrogen-bond acceptors (Lipinski definition) is 5. The Kier molecular flexibility index (Phi) is 3.90. The number of hydrazine groups is 1. The Morgan fingerprint density at radius 3 is 3.00 bits per heavy atom. The Morgan fingerprint density at radius 2 is 2.36 bits per heavy atom. The first kappa shape index (κ1) is 11.0. The van der Waals surface area contributed by atoms with Crippen molar-refractivity contribution in [3.8, 4) is 0 Å². The number of esters is 1. The average molecular weight is 232 g/mol. The second-order valence-electron chi connectivity index (χ2n) is 2.23. The van der Waals surface area contributed by atoms with Crippen molar-refractivity contribution in [1.82, 2.24) is 10.9 Å². The summed E-state index contributed by atoms with van der Waals surface area (Å²) in [5.74, 6) is -0.938. The van der Waals surface area contributed by atoms with Crippen LogP contribution < -0.4 is 10.9 Å². The number of hydrogen-bond donors (Lipinski definition) is 2. The molecule has 0 spiro atoms. The van der Waals surface area contributed by atoms with Crippen LogP contribution in [-0.2, 0) is 14.3 Å². The van der Waals surface area contributed by atoms with E-state index in [0.29, 0.717) is 4.32 Å². The molecule has 0 unspecified atom stereocenters. The summed E-state index contributed by atoms with van der Waals surface area (Å²) in [6.07, 6.45) is 1.12. The Labute approximate surface area is 90.2 Å². The first-order chi connectivity index (χ1) is 6.63. The molecule has 0 radical (unpaired) electrons. The predicted molar refractivity (Wildman–Crippen MR) is 56.2 cm³/mol. The molecule has 5 nitrogen and oxygen atoms in total. The summed E-state index contributed by atoms with van der Waals surface area (Å²) in [7, 11) is 0. The number of carbonyl (C=O) groups is 2. The number of thioether (sulfide) groups is 1. The van der Waals surface area contributed by atoms with E-state index in [1.54, 1.807) is 6.92 Å². The fourth-order valence-electron chi connectivity index (χ4n) is 0.727. The van der Waals surface area contributed by atoms with Crippen LogP contribution in [-0.4, -0.2) is 22.8 Å². The summed E-state index contributed by atoms with van der Waals surface area (Å²) in [5.41, 5.74) is 4.77. The maximum Gasteiger partial charge on any atom is 0.332 e. The fourth-order valence-corrected chi connectivity index (χ4v) is 1.65. The zero-order valence-electron chi connectivity index (χ0n) is 7.33. The fraction of sp³-hybridized carbons (Fsp3) is 0.286. The molecule has 14 heavy (non-hydrogen) atoms. The van der Waals surface area contributed by atoms with Gasteiger partial charge in [-0.1, -0.05) is 24.0 Å². The molecular weight excluding hydrogens is 224 g/mol. The molecular formula is C7H8N2O3S2. The third-order valence-corrected chi connectivity index (χ3v) is 2.40. The number of nitrogens with one attached hydrogen (secondary N) is 2. The normalized spacial score (nSPS) is 18.8. The minimum Gasteiger partial charge on any atom is -0.463 e. The van der Waals surface area contributed by atoms with Crippen molar-refractivity contribution in [2.75, 3.05) is 6.61 Å². The number of rotatable bonds is 2. The average Bonchev–Trinajstić information content (AvgIpc) is 2.12. The maximum absolute atomic E-state index is 11.1. The number of carbonyl (C=O) groups excluding carboxylic acids is 2. The van der Waals surface area contributed by atoms with Crippen molar-refractivity contribution < 1.29 is 14.3 Å². The van der Waals surface area contributed by atoms with Gasteiger partial charge in [-0.3, -0.25) is 15.6 Å². The molecule has 1 rings (SSSR count). The van der Waals surface area contributed by atoms with E-state index in [0.717, 1.165) is 17.8 Å². The van der Waals surface area contributed by atoms with E-state index in [4.69, 9.17) is 12.2 Å². The lowest BCUT2D eigenvalue weighted by atomic mass is 10.4. The Morgan fingerprint density at radius 1 is 1.64 bits per heavy atom. The smallest absolute Gasteiger partial charge is 0.332 e. The molecule has 0 bridgehead atoms. The number of amides is 1. The second kappa shape index (κ2) is 4.97. The molecule has 0 aromatic rings. The molecule has 0 aromatic carbocycles. The highest BCUT2D eigenvalue weighted by molar-refractivity contribution is 8.26. The van der Waals surface area contributed by atoms with Gasteiger partial charge in [0.2, 0.25) is 0 Å². The van der Waals surface area contributed by atoms with Crippen molar-refractivity contribution in [3.05, 3.63) is 11.0 Å². The van der Waals surface area contributed by atoms with Gasteiger partial charge in [0.05, 0.1) is 11.5 Å². The van der Waals surface area contributed by atoms with Crippen molar-refractivity contribution in [2.45, 2.75) is 6.92 Å². The highest BCUT2D eigenvalue weighted by atomic mass is 32.2. The molecule has 0 aliphatic carbocycles. The number of ether oxygens (including phenoxy) is 1. The standard InChI is InChI=1S/C7H8N2O3S2/c1-2-12-5(10)3-4-6(11)8-9-7(13)14-4/h3H,2H2,1H3,(H,8,11)(H,9,13)/b4-3-. The van der Waals surface area contributed by atoms with E-state index in [9.17, 15) is 9.59 Å². The number of thiocarbonyl (C=S) groups is 1. The van der Waals surface area contributed by atoms with Crippen LogP contribution >= 0.6 is 24.0 Å². The van der Waals surface area contributed by atoms with E-state index in [2.05, 4.69) is 15.6 Å². The molecule has 1 aliphatic heterocycles. The lowest BCUT2D eigenvalue weighted by molar-refractivity contribution is -0.137. The van der Waals surface area contributed by atoms with Crippen LogP contribution in [0.1, 0.15) is 6.92 Å². The van der Waals surface area contributed by atoms with E-state index < -0.39 is 11.9 Å². The maximum atomic E-state index is 11.1. The summed E-state index contributed by atoms with van der Waals surface area (Å²) >= 11 is 5.81. The van der Waals surface area contributed by atoms with Crippen LogP contribution in [0.3, 0.4) is 0 Å². The molecule has 76 valence electrons. The van der Waals surface area contributed by atoms with Gasteiger partial charge in [-0.05, 0) is 6.92 Å². The van der Waals surface area contributed by atoms with Gasteiger partial charge in [0.1, 0.15) is 0 Å². The Balaban J connectivity index is 2.68. The quantitative estimate of drug-likeness (QED) is 0.399. The highest BCUT2D eigenvalue weighted by Gasteiger charge is 2.19. The SMILES string of the molecule is CCOC(=O)/C=C1\SC(=S)NNC1=O. The zero-order chi connectivity index (χ0) is 10.6. The lowest BCUT2D eigenvalue weighted by Gasteiger charge is -2.16. The topological polar surface area (TPSA) is 67.4 Å². The molecule has 0 atom stereocenters. The van der Waals surface area contributed by atoms with Gasteiger partial charge in [0.15, 0.2) is 4.32 Å². The molecule has 2 N–H and O–H groups in total. The van der Waals surface area contributed by atoms with Crippen molar-refractivity contribution >= 4 is 40.2 Å². The van der Waals surface area contributed by atoms with Crippen LogP contribution in [0.4, 0.5) is 0 Å². The minimum atomic E-state index is -0.546. The van der Waals surface area contributed by atoms with E-state index in [1.165, 1.54) is 0 Å². The predicted octanol–water partition coefficient (Wildman–Crippen LogP) is 0.0859. The highest BCUT2D eigenvalue weighted by Crippen LogP contribution is 2.19. The molecule has 1 fully saturated rings. The zero-order valence-corrected chi connectivity index (χ0v) is 8.96. The van der Waals surface area contributed by atoms with Gasteiger partial charge in [-0.2, -0.15) is 0 Å². The van der Waals surface area contributed by atoms with Gasteiger partial charge >= 0.3 is 5.97 Å². The van der Waals surface area contributed by atoms with Crippen molar-refractivity contribution in [1.29, 1.82) is 0 Å². The molecule has 1 aliphatic rings. The Bertz CT molecular complexity index is 314. The molecule has 0 aromatic heterocycles. The third kappa shape index (κ3) is 3.00. The van der Waals surface area contributed by atoms with E-state index in [1.807, 2.05) is 0 Å². The first-order valence-electron chi connectivity index (χ1n) is 3.80. The summed E-state index contributed by atoms with van der Waals surface area (Å²) in [4.78, 5) is 22.4. The van der Waals surface area contributed by atoms with Crippen LogP contribution in [0, 0.1) is 0 Å². The second-order valence-corrected chi connectivity index (χ2v) is 3.95. The molecule has 7 heteroatoms. The molecule has 1 saturated heterocycles. The van der Waals surface area contributed by atoms with Gasteiger partial charge in [-0.25, -0.2) is 4.79 Å². The largest absolute Gasteiger partial charge is 0.463 e. The first-order valence-corrected chi connectivity index (χ1v) is 5.02. The lowest BCUT2D eigenvalue weighted by Crippen LogP contribution is -2.44. The monoisotopic (exact) mass is 232 g/mol.